The van der Waals surface area contributed by atoms with Crippen molar-refractivity contribution in [2.24, 2.45) is 0 Å². The van der Waals surface area contributed by atoms with E-state index in [0.717, 1.165) is 9.87 Å². The second-order valence-corrected chi connectivity index (χ2v) is 6.51. The van der Waals surface area contributed by atoms with E-state index in [9.17, 15) is 13.5 Å². The number of aliphatic hydroxyl groups is 1. The second kappa shape index (κ2) is 4.14. The molecular formula is C14H13NO4S. The summed E-state index contributed by atoms with van der Waals surface area (Å²) < 4.78 is 31.4. The molecule has 2 aromatic rings. The quantitative estimate of drug-likeness (QED) is 0.877. The Hall–Kier alpha value is -2.21. The van der Waals surface area contributed by atoms with E-state index in [1.165, 1.54) is 13.3 Å². The molecule has 2 heterocycles. The number of benzene rings is 1. The Morgan fingerprint density at radius 1 is 1.15 bits per heavy atom. The van der Waals surface area contributed by atoms with Crippen molar-refractivity contribution < 1.29 is 17.9 Å². The summed E-state index contributed by atoms with van der Waals surface area (Å²) in [5.41, 5.74) is 1.64. The number of rotatable bonds is 1. The van der Waals surface area contributed by atoms with Crippen LogP contribution in [0.25, 0.3) is 10.7 Å². The van der Waals surface area contributed by atoms with Crippen LogP contribution in [0.1, 0.15) is 16.7 Å². The predicted molar refractivity (Wildman–Crippen MR) is 76.7 cm³/mol. The molecule has 0 spiro atoms. The largest absolute Gasteiger partial charge is 0.506 e. The smallest absolute Gasteiger partial charge is 0.270 e. The SMILES string of the molecule is Cc1ccccc1C1=C(O)c2ccoc2N(C)S1(=O)=O. The number of sulfonamides is 1. The second-order valence-electron chi connectivity index (χ2n) is 4.60. The highest BCUT2D eigenvalue weighted by Gasteiger charge is 2.38. The molecule has 3 rings (SSSR count). The van der Waals surface area contributed by atoms with Gasteiger partial charge in [0.25, 0.3) is 10.0 Å². The lowest BCUT2D eigenvalue weighted by Crippen LogP contribution is -2.31. The summed E-state index contributed by atoms with van der Waals surface area (Å²) in [4.78, 5) is -0.0907. The first-order valence-electron chi connectivity index (χ1n) is 6.00. The van der Waals surface area contributed by atoms with Crippen LogP contribution in [-0.2, 0) is 10.0 Å². The fraction of sp³-hybridized carbons (Fsp3) is 0.143. The zero-order chi connectivity index (χ0) is 14.5. The lowest BCUT2D eigenvalue weighted by atomic mass is 10.1. The molecular weight excluding hydrogens is 278 g/mol. The molecule has 104 valence electrons. The molecule has 1 aromatic heterocycles. The number of fused-ring (bicyclic) bond motifs is 1. The molecule has 1 aliphatic rings. The minimum Gasteiger partial charge on any atom is -0.506 e. The van der Waals surface area contributed by atoms with Gasteiger partial charge in [-0.15, -0.1) is 0 Å². The van der Waals surface area contributed by atoms with E-state index in [1.807, 2.05) is 6.07 Å². The Bertz CT molecular complexity index is 817. The van der Waals surface area contributed by atoms with Crippen molar-refractivity contribution in [1.82, 2.24) is 0 Å². The van der Waals surface area contributed by atoms with Crippen molar-refractivity contribution in [2.75, 3.05) is 11.4 Å². The number of hydrogen-bond donors (Lipinski definition) is 1. The van der Waals surface area contributed by atoms with E-state index in [2.05, 4.69) is 0 Å². The fourth-order valence-corrected chi connectivity index (χ4v) is 3.80. The zero-order valence-electron chi connectivity index (χ0n) is 11.0. The molecule has 0 saturated heterocycles. The maximum absolute atomic E-state index is 12.6. The van der Waals surface area contributed by atoms with Crippen LogP contribution in [0.2, 0.25) is 0 Å². The van der Waals surface area contributed by atoms with Crippen LogP contribution in [0.15, 0.2) is 41.0 Å². The third-order valence-corrected chi connectivity index (χ3v) is 5.23. The van der Waals surface area contributed by atoms with Gasteiger partial charge in [-0.05, 0) is 18.6 Å². The Kier molecular flexibility index (Phi) is 2.65. The molecule has 1 N–H and O–H groups in total. The van der Waals surface area contributed by atoms with Crippen LogP contribution >= 0.6 is 0 Å². The maximum atomic E-state index is 12.6. The summed E-state index contributed by atoms with van der Waals surface area (Å²) in [6.45, 7) is 1.80. The van der Waals surface area contributed by atoms with Gasteiger partial charge in [-0.3, -0.25) is 0 Å². The lowest BCUT2D eigenvalue weighted by Gasteiger charge is -2.25. The van der Waals surface area contributed by atoms with Gasteiger partial charge in [0.05, 0.1) is 11.8 Å². The molecule has 6 heteroatoms. The molecule has 0 saturated carbocycles. The molecule has 0 fully saturated rings. The van der Waals surface area contributed by atoms with Gasteiger partial charge >= 0.3 is 0 Å². The molecule has 20 heavy (non-hydrogen) atoms. The first-order valence-corrected chi connectivity index (χ1v) is 7.44. The Morgan fingerprint density at radius 2 is 1.85 bits per heavy atom. The summed E-state index contributed by atoms with van der Waals surface area (Å²) >= 11 is 0. The molecule has 0 radical (unpaired) electrons. The highest BCUT2D eigenvalue weighted by Crippen LogP contribution is 2.42. The van der Waals surface area contributed by atoms with Crippen LogP contribution in [0, 0.1) is 6.92 Å². The van der Waals surface area contributed by atoms with Gasteiger partial charge in [0.1, 0.15) is 10.7 Å². The zero-order valence-corrected chi connectivity index (χ0v) is 11.8. The van der Waals surface area contributed by atoms with Crippen LogP contribution in [-0.4, -0.2) is 20.6 Å². The molecule has 0 bridgehead atoms. The van der Waals surface area contributed by atoms with Crippen molar-refractivity contribution in [3.8, 4) is 0 Å². The number of furan rings is 1. The van der Waals surface area contributed by atoms with Gasteiger partial charge in [-0.25, -0.2) is 12.7 Å². The first-order chi connectivity index (χ1) is 9.44. The molecule has 1 aliphatic heterocycles. The van der Waals surface area contributed by atoms with E-state index in [4.69, 9.17) is 4.42 Å². The van der Waals surface area contributed by atoms with E-state index in [-0.39, 0.29) is 16.5 Å². The van der Waals surface area contributed by atoms with Gasteiger partial charge in [0.2, 0.25) is 5.88 Å². The average molecular weight is 291 g/mol. The van der Waals surface area contributed by atoms with Gasteiger partial charge in [0.15, 0.2) is 0 Å². The summed E-state index contributed by atoms with van der Waals surface area (Å²) in [6.07, 6.45) is 1.35. The number of aliphatic hydroxyl groups excluding tert-OH is 1. The molecule has 0 unspecified atom stereocenters. The summed E-state index contributed by atoms with van der Waals surface area (Å²) in [5.74, 6) is -0.152. The number of hydrogen-bond acceptors (Lipinski definition) is 4. The Balaban J connectivity index is 2.39. The molecule has 1 aromatic carbocycles. The van der Waals surface area contributed by atoms with Crippen molar-refractivity contribution in [1.29, 1.82) is 0 Å². The number of nitrogens with zero attached hydrogens (tertiary/aromatic N) is 1. The molecule has 0 amide bonds. The van der Waals surface area contributed by atoms with E-state index in [1.54, 1.807) is 31.2 Å². The molecule has 0 atom stereocenters. The fourth-order valence-electron chi connectivity index (χ4n) is 2.31. The molecule has 5 nitrogen and oxygen atoms in total. The molecule has 0 aliphatic carbocycles. The van der Waals surface area contributed by atoms with Crippen molar-refractivity contribution in [3.63, 3.8) is 0 Å². The lowest BCUT2D eigenvalue weighted by molar-refractivity contribution is 0.507. The first kappa shape index (κ1) is 12.8. The Morgan fingerprint density at radius 3 is 2.55 bits per heavy atom. The van der Waals surface area contributed by atoms with Gasteiger partial charge < -0.3 is 9.52 Å². The van der Waals surface area contributed by atoms with Crippen LogP contribution in [0.5, 0.6) is 0 Å². The van der Waals surface area contributed by atoms with Gasteiger partial charge in [-0.1, -0.05) is 24.3 Å². The number of aryl methyl sites for hydroxylation is 1. The summed E-state index contributed by atoms with van der Waals surface area (Å²) in [5, 5.41) is 10.4. The third kappa shape index (κ3) is 1.58. The minimum absolute atomic E-state index is 0.0907. The minimum atomic E-state index is -3.84. The van der Waals surface area contributed by atoms with E-state index >= 15 is 0 Å². The van der Waals surface area contributed by atoms with Crippen LogP contribution < -0.4 is 4.31 Å². The van der Waals surface area contributed by atoms with Gasteiger partial charge in [-0.2, -0.15) is 0 Å². The monoisotopic (exact) mass is 291 g/mol. The highest BCUT2D eigenvalue weighted by atomic mass is 32.2. The summed E-state index contributed by atoms with van der Waals surface area (Å²) in [6, 6.07) is 8.59. The number of anilines is 1. The summed E-state index contributed by atoms with van der Waals surface area (Å²) in [7, 11) is -2.44. The Labute approximate surface area is 116 Å². The van der Waals surface area contributed by atoms with Crippen molar-refractivity contribution in [3.05, 3.63) is 53.3 Å². The third-order valence-electron chi connectivity index (χ3n) is 3.41. The topological polar surface area (TPSA) is 70.8 Å². The average Bonchev–Trinajstić information content (AvgIpc) is 2.88. The highest BCUT2D eigenvalue weighted by molar-refractivity contribution is 8.02. The maximum Gasteiger partial charge on any atom is 0.270 e. The van der Waals surface area contributed by atoms with E-state index in [0.29, 0.717) is 11.1 Å². The van der Waals surface area contributed by atoms with E-state index < -0.39 is 10.0 Å². The van der Waals surface area contributed by atoms with Crippen LogP contribution in [0.4, 0.5) is 5.88 Å². The van der Waals surface area contributed by atoms with Crippen LogP contribution in [0.3, 0.4) is 0 Å². The van der Waals surface area contributed by atoms with Gasteiger partial charge in [0, 0.05) is 12.6 Å². The standard InChI is InChI=1S/C14H13NO4S/c1-9-5-3-4-6-10(9)13-12(16)11-7-8-19-14(11)15(2)20(13,17)18/h3-8,16H,1-2H3. The van der Waals surface area contributed by atoms with Crippen molar-refractivity contribution in [2.45, 2.75) is 6.92 Å². The van der Waals surface area contributed by atoms with Crippen molar-refractivity contribution >= 4 is 26.6 Å². The normalized spacial score (nSPS) is 17.2. The predicted octanol–water partition coefficient (Wildman–Crippen LogP) is 2.75.